The van der Waals surface area contributed by atoms with Crippen molar-refractivity contribution < 1.29 is 9.59 Å². The van der Waals surface area contributed by atoms with Gasteiger partial charge in [-0.05, 0) is 49.4 Å². The summed E-state index contributed by atoms with van der Waals surface area (Å²) in [5.74, 6) is 0.0983. The maximum atomic E-state index is 13.4. The molecule has 25 heavy (non-hydrogen) atoms. The summed E-state index contributed by atoms with van der Waals surface area (Å²) in [6.07, 6.45) is 4.51. The number of nitrogens with zero attached hydrogens (tertiary/aromatic N) is 2. The largest absolute Gasteiger partial charge is 0.312 e. The van der Waals surface area contributed by atoms with Gasteiger partial charge in [0, 0.05) is 25.2 Å². The highest BCUT2D eigenvalue weighted by Crippen LogP contribution is 2.31. The highest BCUT2D eigenvalue weighted by Gasteiger charge is 2.29. The van der Waals surface area contributed by atoms with Gasteiger partial charge in [-0.1, -0.05) is 30.3 Å². The molecule has 4 rings (SSSR count). The van der Waals surface area contributed by atoms with E-state index in [-0.39, 0.29) is 11.8 Å². The molecule has 0 radical (unpaired) electrons. The van der Waals surface area contributed by atoms with Crippen LogP contribution in [-0.4, -0.2) is 24.9 Å². The molecule has 2 heterocycles. The van der Waals surface area contributed by atoms with E-state index in [9.17, 15) is 9.59 Å². The Kier molecular flexibility index (Phi) is 4.26. The fourth-order valence-electron chi connectivity index (χ4n) is 3.84. The topological polar surface area (TPSA) is 40.6 Å². The molecule has 2 aliphatic rings. The second-order valence-corrected chi connectivity index (χ2v) is 6.71. The number of rotatable bonds is 2. The molecule has 0 N–H and O–H groups in total. The number of para-hydroxylation sites is 2. The van der Waals surface area contributed by atoms with E-state index in [0.29, 0.717) is 18.5 Å². The fraction of sp³-hybridized carbons (Fsp3) is 0.333. The SMILES string of the molecule is O=C(c1ccccc1N1CCCC1=O)N1CCCCc2ccccc21. The molecule has 0 aliphatic carbocycles. The van der Waals surface area contributed by atoms with Crippen molar-refractivity contribution in [3.05, 3.63) is 59.7 Å². The van der Waals surface area contributed by atoms with Gasteiger partial charge in [0.1, 0.15) is 0 Å². The average molecular weight is 334 g/mol. The molecule has 128 valence electrons. The Morgan fingerprint density at radius 1 is 0.800 bits per heavy atom. The molecule has 0 atom stereocenters. The van der Waals surface area contributed by atoms with Gasteiger partial charge >= 0.3 is 0 Å². The van der Waals surface area contributed by atoms with Gasteiger partial charge in [0.25, 0.3) is 5.91 Å². The number of hydrogen-bond acceptors (Lipinski definition) is 2. The van der Waals surface area contributed by atoms with E-state index in [0.717, 1.165) is 43.6 Å². The molecule has 2 aromatic rings. The van der Waals surface area contributed by atoms with Gasteiger partial charge in [0.05, 0.1) is 11.3 Å². The minimum Gasteiger partial charge on any atom is -0.312 e. The molecular formula is C21H22N2O2. The summed E-state index contributed by atoms with van der Waals surface area (Å²) >= 11 is 0. The van der Waals surface area contributed by atoms with Crippen molar-refractivity contribution in [2.24, 2.45) is 0 Å². The molecule has 0 bridgehead atoms. The number of amides is 2. The molecule has 2 aliphatic heterocycles. The monoisotopic (exact) mass is 334 g/mol. The lowest BCUT2D eigenvalue weighted by atomic mass is 10.1. The summed E-state index contributed by atoms with van der Waals surface area (Å²) in [6, 6.07) is 15.7. The summed E-state index contributed by atoms with van der Waals surface area (Å²) in [6.45, 7) is 1.41. The van der Waals surface area contributed by atoms with Gasteiger partial charge in [-0.25, -0.2) is 0 Å². The first-order valence-corrected chi connectivity index (χ1v) is 9.05. The Morgan fingerprint density at radius 3 is 2.36 bits per heavy atom. The number of benzene rings is 2. The van der Waals surface area contributed by atoms with Crippen molar-refractivity contribution in [3.8, 4) is 0 Å². The van der Waals surface area contributed by atoms with Crippen molar-refractivity contribution in [2.45, 2.75) is 32.1 Å². The van der Waals surface area contributed by atoms with Crippen LogP contribution in [-0.2, 0) is 11.2 Å². The molecule has 0 aromatic heterocycles. The predicted molar refractivity (Wildman–Crippen MR) is 99.1 cm³/mol. The van der Waals surface area contributed by atoms with Gasteiger partial charge in [-0.2, -0.15) is 0 Å². The molecule has 2 aromatic carbocycles. The summed E-state index contributed by atoms with van der Waals surface area (Å²) < 4.78 is 0. The van der Waals surface area contributed by atoms with E-state index < -0.39 is 0 Å². The standard InChI is InChI=1S/C21H22N2O2/c24-20-13-7-15-22(20)19-12-4-2-10-17(19)21(25)23-14-6-5-9-16-8-1-3-11-18(16)23/h1-4,8,10-12H,5-7,9,13-15H2. The second kappa shape index (κ2) is 6.71. The zero-order valence-electron chi connectivity index (χ0n) is 14.3. The summed E-state index contributed by atoms with van der Waals surface area (Å²) in [5.41, 5.74) is 3.60. The van der Waals surface area contributed by atoms with Gasteiger partial charge < -0.3 is 9.80 Å². The van der Waals surface area contributed by atoms with Crippen molar-refractivity contribution in [3.63, 3.8) is 0 Å². The summed E-state index contributed by atoms with van der Waals surface area (Å²) in [7, 11) is 0. The number of anilines is 2. The third kappa shape index (κ3) is 2.93. The fourth-order valence-corrected chi connectivity index (χ4v) is 3.84. The summed E-state index contributed by atoms with van der Waals surface area (Å²) in [4.78, 5) is 29.2. The lowest BCUT2D eigenvalue weighted by Gasteiger charge is -2.26. The van der Waals surface area contributed by atoms with E-state index in [1.54, 1.807) is 4.90 Å². The lowest BCUT2D eigenvalue weighted by Crippen LogP contribution is -2.34. The van der Waals surface area contributed by atoms with E-state index in [4.69, 9.17) is 0 Å². The minimum absolute atomic E-state index is 0.00958. The first-order chi connectivity index (χ1) is 12.3. The van der Waals surface area contributed by atoms with Crippen molar-refractivity contribution in [1.82, 2.24) is 0 Å². The Balaban J connectivity index is 1.74. The Hall–Kier alpha value is -2.62. The minimum atomic E-state index is -0.00958. The highest BCUT2D eigenvalue weighted by molar-refractivity contribution is 6.12. The molecule has 4 nitrogen and oxygen atoms in total. The van der Waals surface area contributed by atoms with Crippen molar-refractivity contribution in [2.75, 3.05) is 22.9 Å². The maximum absolute atomic E-state index is 13.4. The zero-order chi connectivity index (χ0) is 17.2. The average Bonchev–Trinajstić information content (AvgIpc) is 2.96. The third-order valence-corrected chi connectivity index (χ3v) is 5.10. The summed E-state index contributed by atoms with van der Waals surface area (Å²) in [5, 5.41) is 0. The van der Waals surface area contributed by atoms with E-state index in [2.05, 4.69) is 6.07 Å². The molecule has 0 saturated carbocycles. The van der Waals surface area contributed by atoms with Crippen LogP contribution >= 0.6 is 0 Å². The van der Waals surface area contributed by atoms with Gasteiger partial charge in [-0.3, -0.25) is 9.59 Å². The number of hydrogen-bond donors (Lipinski definition) is 0. The van der Waals surface area contributed by atoms with E-state index in [1.165, 1.54) is 5.56 Å². The predicted octanol–water partition coefficient (Wildman–Crippen LogP) is 3.80. The molecule has 1 saturated heterocycles. The second-order valence-electron chi connectivity index (χ2n) is 6.71. The van der Waals surface area contributed by atoms with Crippen molar-refractivity contribution in [1.29, 1.82) is 0 Å². The van der Waals surface area contributed by atoms with Crippen LogP contribution in [0.2, 0.25) is 0 Å². The molecule has 1 fully saturated rings. The molecule has 0 spiro atoms. The molecule has 4 heteroatoms. The van der Waals surface area contributed by atoms with Crippen LogP contribution in [0.1, 0.15) is 41.6 Å². The number of fused-ring (bicyclic) bond motifs is 1. The van der Waals surface area contributed by atoms with Crippen LogP contribution in [0.25, 0.3) is 0 Å². The molecule has 2 amide bonds. The third-order valence-electron chi connectivity index (χ3n) is 5.10. The van der Waals surface area contributed by atoms with Gasteiger partial charge in [0.2, 0.25) is 5.91 Å². The number of carbonyl (C=O) groups is 2. The zero-order valence-corrected chi connectivity index (χ0v) is 14.3. The van der Waals surface area contributed by atoms with Crippen molar-refractivity contribution >= 4 is 23.2 Å². The maximum Gasteiger partial charge on any atom is 0.260 e. The van der Waals surface area contributed by atoms with Crippen LogP contribution in [0, 0.1) is 0 Å². The first kappa shape index (κ1) is 15.9. The first-order valence-electron chi connectivity index (χ1n) is 9.05. The Bertz CT molecular complexity index is 815. The quantitative estimate of drug-likeness (QED) is 0.838. The van der Waals surface area contributed by atoms with Crippen LogP contribution in [0.5, 0.6) is 0 Å². The Morgan fingerprint density at radius 2 is 1.56 bits per heavy atom. The lowest BCUT2D eigenvalue weighted by molar-refractivity contribution is -0.117. The number of carbonyl (C=O) groups excluding carboxylic acids is 2. The molecular weight excluding hydrogens is 312 g/mol. The molecule has 0 unspecified atom stereocenters. The normalized spacial score (nSPS) is 17.4. The van der Waals surface area contributed by atoms with Crippen LogP contribution in [0.3, 0.4) is 0 Å². The van der Waals surface area contributed by atoms with Gasteiger partial charge in [0.15, 0.2) is 0 Å². The van der Waals surface area contributed by atoms with E-state index in [1.807, 2.05) is 47.4 Å². The van der Waals surface area contributed by atoms with Crippen LogP contribution in [0.15, 0.2) is 48.5 Å². The van der Waals surface area contributed by atoms with Gasteiger partial charge in [-0.15, -0.1) is 0 Å². The van der Waals surface area contributed by atoms with E-state index >= 15 is 0 Å². The Labute approximate surface area is 148 Å². The smallest absolute Gasteiger partial charge is 0.260 e. The van der Waals surface area contributed by atoms with Crippen LogP contribution < -0.4 is 9.80 Å². The highest BCUT2D eigenvalue weighted by atomic mass is 16.2. The van der Waals surface area contributed by atoms with Crippen LogP contribution in [0.4, 0.5) is 11.4 Å². The number of aryl methyl sites for hydroxylation is 1.